The lowest BCUT2D eigenvalue weighted by molar-refractivity contribution is -0.149. The second kappa shape index (κ2) is 10.9. The van der Waals surface area contributed by atoms with Gasteiger partial charge in [-0.05, 0) is 56.5 Å². The van der Waals surface area contributed by atoms with E-state index in [-0.39, 0.29) is 19.1 Å². The molecule has 0 radical (unpaired) electrons. The minimum absolute atomic E-state index is 0.118. The number of carbonyl (C=O) groups excluding carboxylic acids is 2. The Morgan fingerprint density at radius 1 is 1.11 bits per heavy atom. The maximum atomic E-state index is 13.6. The van der Waals surface area contributed by atoms with E-state index in [1.54, 1.807) is 50.2 Å². The number of piperidine rings is 1. The average molecular weight is 511 g/mol. The topological polar surface area (TPSA) is 104 Å². The van der Waals surface area contributed by atoms with Crippen molar-refractivity contribution in [1.29, 1.82) is 0 Å². The van der Waals surface area contributed by atoms with Crippen molar-refractivity contribution < 1.29 is 14.3 Å². The minimum atomic E-state index is -0.787. The van der Waals surface area contributed by atoms with Crippen LogP contribution in [0.3, 0.4) is 0 Å². The zero-order valence-electron chi connectivity index (χ0n) is 20.1. The van der Waals surface area contributed by atoms with Gasteiger partial charge in [-0.25, -0.2) is 9.36 Å². The molecule has 0 bridgehead atoms. The Kier molecular flexibility index (Phi) is 7.69. The Morgan fingerprint density at radius 3 is 2.47 bits per heavy atom. The van der Waals surface area contributed by atoms with Crippen LogP contribution in [-0.2, 0) is 9.53 Å². The number of rotatable bonds is 6. The first-order valence-electron chi connectivity index (χ1n) is 11.8. The smallest absolute Gasteiger partial charge is 0.352 e. The zero-order chi connectivity index (χ0) is 25.8. The van der Waals surface area contributed by atoms with Crippen LogP contribution in [0.1, 0.15) is 48.8 Å². The number of amides is 1. The minimum Gasteiger partial charge on any atom is -0.466 e. The number of hydrogen-bond acceptors (Lipinski definition) is 6. The Morgan fingerprint density at radius 2 is 1.81 bits per heavy atom. The predicted octanol–water partition coefficient (Wildman–Crippen LogP) is 3.07. The molecule has 2 atom stereocenters. The molecule has 1 aliphatic heterocycles. The first-order chi connectivity index (χ1) is 17.3. The number of esters is 1. The van der Waals surface area contributed by atoms with Crippen LogP contribution in [0.2, 0.25) is 5.02 Å². The molecule has 0 N–H and O–H groups in total. The van der Waals surface area contributed by atoms with Gasteiger partial charge in [0.1, 0.15) is 0 Å². The fraction of sp³-hybridized carbons (Fsp3) is 0.346. The molecule has 4 rings (SSSR count). The molecule has 1 aliphatic rings. The van der Waals surface area contributed by atoms with E-state index in [9.17, 15) is 19.2 Å². The first kappa shape index (κ1) is 25.4. The van der Waals surface area contributed by atoms with E-state index in [0.717, 1.165) is 14.8 Å². The molecule has 0 unspecified atom stereocenters. The number of carbonyl (C=O) groups is 2. The van der Waals surface area contributed by atoms with Crippen LogP contribution in [-0.4, -0.2) is 50.8 Å². The molecule has 36 heavy (non-hydrogen) atoms. The van der Waals surface area contributed by atoms with E-state index < -0.39 is 34.8 Å². The fourth-order valence-electron chi connectivity index (χ4n) is 4.36. The van der Waals surface area contributed by atoms with Crippen LogP contribution in [0.25, 0.3) is 5.69 Å². The highest BCUT2D eigenvalue weighted by molar-refractivity contribution is 6.30. The third-order valence-corrected chi connectivity index (χ3v) is 6.53. The van der Waals surface area contributed by atoms with E-state index >= 15 is 0 Å². The van der Waals surface area contributed by atoms with Gasteiger partial charge in [0.2, 0.25) is 5.69 Å². The van der Waals surface area contributed by atoms with E-state index in [1.165, 1.54) is 4.90 Å². The molecule has 2 aromatic carbocycles. The zero-order valence-corrected chi connectivity index (χ0v) is 20.9. The molecule has 1 saturated heterocycles. The molecule has 3 aromatic rings. The third-order valence-electron chi connectivity index (χ3n) is 6.28. The van der Waals surface area contributed by atoms with Crippen LogP contribution in [0, 0.1) is 5.92 Å². The SMILES string of the molecule is CCOC(=O)[C@H]1CCCN(C(=O)c2nn(-c3ccc(Cl)cc3)c(=O)n([C@H](C)c3ccccc3)c2=O)C1. The first-order valence-corrected chi connectivity index (χ1v) is 12.2. The van der Waals surface area contributed by atoms with Gasteiger partial charge in [-0.2, -0.15) is 9.78 Å². The maximum Gasteiger partial charge on any atom is 0.352 e. The lowest BCUT2D eigenvalue weighted by Crippen LogP contribution is -2.50. The summed E-state index contributed by atoms with van der Waals surface area (Å²) in [5, 5.41) is 4.68. The van der Waals surface area contributed by atoms with Crippen LogP contribution in [0.4, 0.5) is 0 Å². The molecule has 9 nitrogen and oxygen atoms in total. The van der Waals surface area contributed by atoms with Crippen molar-refractivity contribution in [3.8, 4) is 5.69 Å². The number of benzene rings is 2. The standard InChI is InChI=1S/C26H27ClN4O5/c1-3-36-25(34)19-10-7-15-29(16-19)23(32)22-24(33)30(17(2)18-8-5-4-6-9-18)26(35)31(28-22)21-13-11-20(27)12-14-21/h4-6,8-9,11-14,17,19H,3,7,10,15-16H2,1-2H3/t17-,19+/m1/s1. The Hall–Kier alpha value is -3.72. The summed E-state index contributed by atoms with van der Waals surface area (Å²) in [4.78, 5) is 54.4. The van der Waals surface area contributed by atoms with Gasteiger partial charge in [-0.15, -0.1) is 0 Å². The van der Waals surface area contributed by atoms with Crippen molar-refractivity contribution in [3.05, 3.63) is 91.7 Å². The highest BCUT2D eigenvalue weighted by Crippen LogP contribution is 2.20. The van der Waals surface area contributed by atoms with Crippen molar-refractivity contribution >= 4 is 23.5 Å². The molecule has 2 heterocycles. The summed E-state index contributed by atoms with van der Waals surface area (Å²) in [5.74, 6) is -1.48. The van der Waals surface area contributed by atoms with Crippen LogP contribution < -0.4 is 11.2 Å². The quantitative estimate of drug-likeness (QED) is 0.472. The van der Waals surface area contributed by atoms with E-state index in [4.69, 9.17) is 16.3 Å². The third kappa shape index (κ3) is 5.11. The van der Waals surface area contributed by atoms with Crippen molar-refractivity contribution in [3.63, 3.8) is 0 Å². The van der Waals surface area contributed by atoms with Gasteiger partial charge in [-0.3, -0.25) is 14.4 Å². The summed E-state index contributed by atoms with van der Waals surface area (Å²) in [6.45, 7) is 4.18. The monoisotopic (exact) mass is 510 g/mol. The summed E-state index contributed by atoms with van der Waals surface area (Å²) in [5.41, 5.74) is -0.778. The van der Waals surface area contributed by atoms with Gasteiger partial charge in [0.05, 0.1) is 24.3 Å². The summed E-state index contributed by atoms with van der Waals surface area (Å²) in [7, 11) is 0. The number of hydrogen-bond donors (Lipinski definition) is 0. The molecule has 0 spiro atoms. The number of nitrogens with zero attached hydrogens (tertiary/aromatic N) is 4. The van der Waals surface area contributed by atoms with Gasteiger partial charge < -0.3 is 9.64 Å². The largest absolute Gasteiger partial charge is 0.466 e. The second-order valence-electron chi connectivity index (χ2n) is 8.62. The molecule has 0 aliphatic carbocycles. The van der Waals surface area contributed by atoms with Gasteiger partial charge in [0.15, 0.2) is 0 Å². The number of likely N-dealkylation sites (tertiary alicyclic amines) is 1. The Labute approximate surface area is 212 Å². The number of halogens is 1. The summed E-state index contributed by atoms with van der Waals surface area (Å²) >= 11 is 6.01. The molecule has 10 heteroatoms. The highest BCUT2D eigenvalue weighted by atomic mass is 35.5. The average Bonchev–Trinajstić information content (AvgIpc) is 2.90. The molecule has 1 aromatic heterocycles. The predicted molar refractivity (Wildman–Crippen MR) is 135 cm³/mol. The lowest BCUT2D eigenvalue weighted by atomic mass is 9.98. The summed E-state index contributed by atoms with van der Waals surface area (Å²) in [6, 6.07) is 14.8. The Balaban J connectivity index is 1.82. The van der Waals surface area contributed by atoms with Gasteiger partial charge in [0.25, 0.3) is 11.5 Å². The van der Waals surface area contributed by atoms with E-state index in [2.05, 4.69) is 5.10 Å². The normalized spacial score (nSPS) is 16.4. The van der Waals surface area contributed by atoms with Crippen molar-refractivity contribution in [1.82, 2.24) is 19.2 Å². The lowest BCUT2D eigenvalue weighted by Gasteiger charge is -2.31. The van der Waals surface area contributed by atoms with Crippen molar-refractivity contribution in [2.75, 3.05) is 19.7 Å². The van der Waals surface area contributed by atoms with E-state index in [1.807, 2.05) is 18.2 Å². The molecular formula is C26H27ClN4O5. The molecule has 1 amide bonds. The molecular weight excluding hydrogens is 484 g/mol. The number of ether oxygens (including phenoxy) is 1. The molecule has 188 valence electrons. The van der Waals surface area contributed by atoms with Crippen molar-refractivity contribution in [2.24, 2.45) is 5.92 Å². The number of aromatic nitrogens is 3. The summed E-state index contributed by atoms with van der Waals surface area (Å²) < 4.78 is 7.20. The molecule has 1 fully saturated rings. The van der Waals surface area contributed by atoms with E-state index in [0.29, 0.717) is 30.1 Å². The fourth-order valence-corrected chi connectivity index (χ4v) is 4.49. The summed E-state index contributed by atoms with van der Waals surface area (Å²) in [6.07, 6.45) is 1.18. The van der Waals surface area contributed by atoms with Gasteiger partial charge in [0, 0.05) is 18.1 Å². The van der Waals surface area contributed by atoms with Gasteiger partial charge in [-0.1, -0.05) is 41.9 Å². The van der Waals surface area contributed by atoms with Crippen LogP contribution in [0.5, 0.6) is 0 Å². The van der Waals surface area contributed by atoms with Gasteiger partial charge >= 0.3 is 11.7 Å². The Bertz CT molecular complexity index is 1370. The van der Waals surface area contributed by atoms with Crippen LogP contribution in [0.15, 0.2) is 64.2 Å². The molecule has 0 saturated carbocycles. The van der Waals surface area contributed by atoms with Crippen molar-refractivity contribution in [2.45, 2.75) is 32.7 Å². The van der Waals surface area contributed by atoms with Crippen LogP contribution >= 0.6 is 11.6 Å². The second-order valence-corrected chi connectivity index (χ2v) is 9.06. The highest BCUT2D eigenvalue weighted by Gasteiger charge is 2.33. The maximum absolute atomic E-state index is 13.6.